The molecule has 1 saturated heterocycles. The summed E-state index contributed by atoms with van der Waals surface area (Å²) in [7, 11) is 0. The molecular formula is C24H27F4NO2. The number of allylic oxidation sites excluding steroid dienone is 1. The van der Waals surface area contributed by atoms with Crippen LogP contribution in [0.25, 0.3) is 0 Å². The van der Waals surface area contributed by atoms with Gasteiger partial charge in [-0.25, -0.2) is 4.39 Å². The highest BCUT2D eigenvalue weighted by atomic mass is 19.4. The molecule has 1 heterocycles. The van der Waals surface area contributed by atoms with Gasteiger partial charge < -0.3 is 14.7 Å². The monoisotopic (exact) mass is 437 g/mol. The van der Waals surface area contributed by atoms with Gasteiger partial charge in [-0.05, 0) is 61.6 Å². The first-order valence-electron chi connectivity index (χ1n) is 10.4. The smallest absolute Gasteiger partial charge is 0.416 e. The molecule has 0 saturated carbocycles. The van der Waals surface area contributed by atoms with Crippen molar-refractivity contribution in [3.63, 3.8) is 0 Å². The minimum absolute atomic E-state index is 0.314. The van der Waals surface area contributed by atoms with Gasteiger partial charge in [0, 0.05) is 25.2 Å². The van der Waals surface area contributed by atoms with Crippen molar-refractivity contribution in [3.8, 4) is 5.75 Å². The molecule has 7 heteroatoms. The Morgan fingerprint density at radius 1 is 1.13 bits per heavy atom. The third kappa shape index (κ3) is 6.08. The zero-order valence-electron chi connectivity index (χ0n) is 17.3. The van der Waals surface area contributed by atoms with Crippen LogP contribution in [0.15, 0.2) is 55.1 Å². The van der Waals surface area contributed by atoms with Crippen LogP contribution in [0.1, 0.15) is 36.0 Å². The van der Waals surface area contributed by atoms with Crippen LogP contribution >= 0.6 is 0 Å². The number of halogens is 4. The van der Waals surface area contributed by atoms with Crippen molar-refractivity contribution in [3.05, 3.63) is 77.6 Å². The van der Waals surface area contributed by atoms with Gasteiger partial charge in [0.15, 0.2) is 0 Å². The Kier molecular flexibility index (Phi) is 7.38. The van der Waals surface area contributed by atoms with Gasteiger partial charge in [0.05, 0.1) is 17.8 Å². The maximum atomic E-state index is 13.4. The summed E-state index contributed by atoms with van der Waals surface area (Å²) < 4.78 is 58.1. The van der Waals surface area contributed by atoms with Crippen molar-refractivity contribution >= 4 is 0 Å². The van der Waals surface area contributed by atoms with Gasteiger partial charge in [-0.3, -0.25) is 0 Å². The van der Waals surface area contributed by atoms with Crippen LogP contribution in [0.4, 0.5) is 17.6 Å². The number of aliphatic hydroxyl groups is 1. The van der Waals surface area contributed by atoms with Gasteiger partial charge in [-0.2, -0.15) is 13.2 Å². The molecule has 0 atom stereocenters. The first-order chi connectivity index (χ1) is 14.7. The van der Waals surface area contributed by atoms with E-state index in [-0.39, 0.29) is 5.82 Å². The number of nitrogens with zero attached hydrogens (tertiary/aromatic N) is 1. The molecule has 3 rings (SSSR count). The van der Waals surface area contributed by atoms with Crippen LogP contribution < -0.4 is 4.74 Å². The standard InChI is InChI=1S/C24H27F4NO2/c1-2-5-18-16-21(25)8-9-22(18)31-15-4-12-29-13-10-23(30,11-14-29)19-6-3-7-20(17-19)24(26,27)28/h2-3,6-9,16-17,30H,1,4-5,10-15H2. The number of hydrogen-bond donors (Lipinski definition) is 1. The number of ether oxygens (including phenoxy) is 1. The Hall–Kier alpha value is -2.38. The number of benzene rings is 2. The van der Waals surface area contributed by atoms with Crippen molar-refractivity contribution < 1.29 is 27.4 Å². The Bertz CT molecular complexity index is 889. The molecule has 0 aromatic heterocycles. The molecule has 0 spiro atoms. The molecule has 3 nitrogen and oxygen atoms in total. The van der Waals surface area contributed by atoms with E-state index in [1.54, 1.807) is 18.2 Å². The second kappa shape index (κ2) is 9.83. The van der Waals surface area contributed by atoms with E-state index < -0.39 is 17.3 Å². The van der Waals surface area contributed by atoms with Gasteiger partial charge in [0.2, 0.25) is 0 Å². The lowest BCUT2D eigenvalue weighted by atomic mass is 9.83. The molecule has 31 heavy (non-hydrogen) atoms. The molecule has 2 aromatic carbocycles. The van der Waals surface area contributed by atoms with Crippen LogP contribution in [0.5, 0.6) is 5.75 Å². The molecule has 0 radical (unpaired) electrons. The molecule has 2 aromatic rings. The van der Waals surface area contributed by atoms with E-state index in [0.717, 1.165) is 30.7 Å². The third-order valence-corrected chi connectivity index (χ3v) is 5.67. The predicted octanol–water partition coefficient (Wildman–Crippen LogP) is 5.33. The zero-order chi connectivity index (χ0) is 22.5. The predicted molar refractivity (Wildman–Crippen MR) is 111 cm³/mol. The number of piperidine rings is 1. The van der Waals surface area contributed by atoms with E-state index in [1.165, 1.54) is 18.2 Å². The molecule has 0 unspecified atom stereocenters. The maximum Gasteiger partial charge on any atom is 0.416 e. The molecule has 1 aliphatic heterocycles. The zero-order valence-corrected chi connectivity index (χ0v) is 17.3. The lowest BCUT2D eigenvalue weighted by molar-refractivity contribution is -0.137. The quantitative estimate of drug-likeness (QED) is 0.344. The topological polar surface area (TPSA) is 32.7 Å². The fourth-order valence-corrected chi connectivity index (χ4v) is 3.89. The average molecular weight is 437 g/mol. The number of alkyl halides is 3. The van der Waals surface area contributed by atoms with E-state index in [9.17, 15) is 22.7 Å². The van der Waals surface area contributed by atoms with Crippen LogP contribution in [-0.4, -0.2) is 36.2 Å². The van der Waals surface area contributed by atoms with Crippen LogP contribution in [-0.2, 0) is 18.2 Å². The van der Waals surface area contributed by atoms with Crippen molar-refractivity contribution in [1.82, 2.24) is 4.90 Å². The minimum Gasteiger partial charge on any atom is -0.493 e. The number of hydrogen-bond acceptors (Lipinski definition) is 3. The summed E-state index contributed by atoms with van der Waals surface area (Å²) in [6.45, 7) is 6.06. The summed E-state index contributed by atoms with van der Waals surface area (Å²) in [5, 5.41) is 10.9. The van der Waals surface area contributed by atoms with Crippen molar-refractivity contribution in [2.75, 3.05) is 26.2 Å². The number of rotatable bonds is 8. The Morgan fingerprint density at radius 2 is 1.87 bits per heavy atom. The lowest BCUT2D eigenvalue weighted by Gasteiger charge is -2.38. The Labute approximate surface area is 180 Å². The Balaban J connectivity index is 1.48. The van der Waals surface area contributed by atoms with E-state index in [4.69, 9.17) is 4.74 Å². The van der Waals surface area contributed by atoms with E-state index in [0.29, 0.717) is 50.3 Å². The molecule has 1 N–H and O–H groups in total. The third-order valence-electron chi connectivity index (χ3n) is 5.67. The first kappa shape index (κ1) is 23.3. The summed E-state index contributed by atoms with van der Waals surface area (Å²) in [5.74, 6) is 0.324. The van der Waals surface area contributed by atoms with Gasteiger partial charge in [-0.15, -0.1) is 6.58 Å². The van der Waals surface area contributed by atoms with Crippen molar-refractivity contribution in [2.45, 2.75) is 37.5 Å². The molecule has 0 amide bonds. The molecule has 1 aliphatic rings. The van der Waals surface area contributed by atoms with Crippen LogP contribution in [0.3, 0.4) is 0 Å². The van der Waals surface area contributed by atoms with Gasteiger partial charge in [0.1, 0.15) is 11.6 Å². The van der Waals surface area contributed by atoms with E-state index >= 15 is 0 Å². The normalized spacial score (nSPS) is 16.8. The summed E-state index contributed by atoms with van der Waals surface area (Å²) in [5.41, 5.74) is -0.924. The fourth-order valence-electron chi connectivity index (χ4n) is 3.89. The van der Waals surface area contributed by atoms with E-state index in [2.05, 4.69) is 11.5 Å². The van der Waals surface area contributed by atoms with E-state index in [1.807, 2.05) is 0 Å². The van der Waals surface area contributed by atoms with Gasteiger partial charge >= 0.3 is 6.18 Å². The first-order valence-corrected chi connectivity index (χ1v) is 10.4. The lowest BCUT2D eigenvalue weighted by Crippen LogP contribution is -2.43. The second-order valence-electron chi connectivity index (χ2n) is 7.90. The number of likely N-dealkylation sites (tertiary alicyclic amines) is 1. The summed E-state index contributed by atoms with van der Waals surface area (Å²) in [4.78, 5) is 2.17. The van der Waals surface area contributed by atoms with Crippen LogP contribution in [0, 0.1) is 5.82 Å². The largest absolute Gasteiger partial charge is 0.493 e. The van der Waals surface area contributed by atoms with Crippen molar-refractivity contribution in [2.24, 2.45) is 0 Å². The SMILES string of the molecule is C=CCc1cc(F)ccc1OCCCN1CCC(O)(c2cccc(C(F)(F)F)c2)CC1. The highest BCUT2D eigenvalue weighted by molar-refractivity contribution is 5.35. The molecule has 0 aliphatic carbocycles. The molecule has 1 fully saturated rings. The average Bonchev–Trinajstić information content (AvgIpc) is 2.73. The highest BCUT2D eigenvalue weighted by Crippen LogP contribution is 2.36. The molecule has 168 valence electrons. The minimum atomic E-state index is -4.43. The van der Waals surface area contributed by atoms with Gasteiger partial charge in [0.25, 0.3) is 0 Å². The highest BCUT2D eigenvalue weighted by Gasteiger charge is 2.36. The summed E-state index contributed by atoms with van der Waals surface area (Å²) in [6, 6.07) is 9.39. The Morgan fingerprint density at radius 3 is 2.55 bits per heavy atom. The summed E-state index contributed by atoms with van der Waals surface area (Å²) >= 11 is 0. The van der Waals surface area contributed by atoms with Gasteiger partial charge in [-0.1, -0.05) is 18.2 Å². The molecular weight excluding hydrogens is 410 g/mol. The summed E-state index contributed by atoms with van der Waals surface area (Å²) in [6.07, 6.45) is -0.725. The second-order valence-corrected chi connectivity index (χ2v) is 7.90. The maximum absolute atomic E-state index is 13.4. The fraction of sp³-hybridized carbons (Fsp3) is 0.417. The van der Waals surface area contributed by atoms with Crippen LogP contribution in [0.2, 0.25) is 0 Å². The van der Waals surface area contributed by atoms with Crippen molar-refractivity contribution in [1.29, 1.82) is 0 Å². The molecule has 0 bridgehead atoms.